The number of hydrogen-bond donors (Lipinski definition) is 1. The maximum Gasteiger partial charge on any atom is 0.323 e. The van der Waals surface area contributed by atoms with Gasteiger partial charge >= 0.3 is 5.97 Å². The second kappa shape index (κ2) is 7.80. The largest absolute Gasteiger partial charge is 0.465 e. The molecule has 1 unspecified atom stereocenters. The monoisotopic (exact) mass is 201 g/mol. The summed E-state index contributed by atoms with van der Waals surface area (Å²) in [5.41, 5.74) is 0. The first kappa shape index (κ1) is 13.4. The van der Waals surface area contributed by atoms with Crippen LogP contribution in [-0.2, 0) is 9.53 Å². The van der Waals surface area contributed by atoms with Gasteiger partial charge in [0.05, 0.1) is 6.61 Å². The summed E-state index contributed by atoms with van der Waals surface area (Å²) >= 11 is 0. The van der Waals surface area contributed by atoms with E-state index in [4.69, 9.17) is 4.74 Å². The van der Waals surface area contributed by atoms with Gasteiger partial charge in [-0.2, -0.15) is 0 Å². The zero-order valence-corrected chi connectivity index (χ0v) is 9.80. The molecule has 2 atom stereocenters. The van der Waals surface area contributed by atoms with Crippen molar-refractivity contribution < 1.29 is 9.53 Å². The molecule has 0 amide bonds. The third-order valence-corrected chi connectivity index (χ3v) is 2.37. The van der Waals surface area contributed by atoms with Crippen LogP contribution >= 0.6 is 0 Å². The number of rotatable bonds is 7. The van der Waals surface area contributed by atoms with Gasteiger partial charge in [-0.25, -0.2) is 0 Å². The highest BCUT2D eigenvalue weighted by atomic mass is 16.5. The number of carbonyl (C=O) groups is 1. The number of nitrogens with one attached hydrogen (secondary N) is 1. The molecule has 0 aliphatic rings. The van der Waals surface area contributed by atoms with Crippen LogP contribution in [0.15, 0.2) is 0 Å². The summed E-state index contributed by atoms with van der Waals surface area (Å²) < 4.78 is 5.02. The molecule has 1 N–H and O–H groups in total. The van der Waals surface area contributed by atoms with Crippen molar-refractivity contribution in [3.63, 3.8) is 0 Å². The number of hydrogen-bond acceptors (Lipinski definition) is 3. The van der Waals surface area contributed by atoms with Gasteiger partial charge in [-0.05, 0) is 25.8 Å². The molecule has 0 aromatic heterocycles. The van der Waals surface area contributed by atoms with Gasteiger partial charge in [0.15, 0.2) is 0 Å². The highest BCUT2D eigenvalue weighted by Crippen LogP contribution is 2.09. The van der Waals surface area contributed by atoms with Crippen LogP contribution in [-0.4, -0.2) is 25.2 Å². The summed E-state index contributed by atoms with van der Waals surface area (Å²) in [5, 5.41) is 3.23. The first-order chi connectivity index (χ1) is 6.67. The standard InChI is InChI=1S/C11H23NO2/c1-5-8-12-10(9(4)6-2)11(13)14-7-3/h9-10,12H,5-8H2,1-4H3/t9?,10-/m0/s1. The Morgan fingerprint density at radius 1 is 1.36 bits per heavy atom. The second-order valence-electron chi connectivity index (χ2n) is 3.57. The molecule has 0 aromatic rings. The first-order valence-corrected chi connectivity index (χ1v) is 5.57. The average Bonchev–Trinajstić information content (AvgIpc) is 2.18. The van der Waals surface area contributed by atoms with Crippen molar-refractivity contribution in [2.45, 2.75) is 46.6 Å². The Balaban J connectivity index is 4.15. The summed E-state index contributed by atoms with van der Waals surface area (Å²) in [5.74, 6) is 0.218. The van der Waals surface area contributed by atoms with Crippen molar-refractivity contribution in [1.29, 1.82) is 0 Å². The third kappa shape index (κ3) is 4.61. The Labute approximate surface area is 87.2 Å². The van der Waals surface area contributed by atoms with E-state index in [1.54, 1.807) is 0 Å². The van der Waals surface area contributed by atoms with Gasteiger partial charge in [0, 0.05) is 0 Å². The van der Waals surface area contributed by atoms with E-state index in [2.05, 4.69) is 26.1 Å². The molecular formula is C11H23NO2. The van der Waals surface area contributed by atoms with Crippen molar-refractivity contribution in [3.8, 4) is 0 Å². The Morgan fingerprint density at radius 3 is 2.43 bits per heavy atom. The number of carbonyl (C=O) groups excluding carboxylic acids is 1. The Morgan fingerprint density at radius 2 is 2.00 bits per heavy atom. The van der Waals surface area contributed by atoms with E-state index in [1.807, 2.05) is 6.92 Å². The molecule has 0 bridgehead atoms. The predicted octanol–water partition coefficient (Wildman–Crippen LogP) is 1.96. The van der Waals surface area contributed by atoms with Crippen molar-refractivity contribution in [2.24, 2.45) is 5.92 Å². The van der Waals surface area contributed by atoms with Crippen molar-refractivity contribution in [2.75, 3.05) is 13.2 Å². The minimum Gasteiger partial charge on any atom is -0.465 e. The summed E-state index contributed by atoms with van der Waals surface area (Å²) in [4.78, 5) is 11.6. The molecule has 84 valence electrons. The lowest BCUT2D eigenvalue weighted by Gasteiger charge is -2.22. The highest BCUT2D eigenvalue weighted by Gasteiger charge is 2.23. The molecule has 0 fully saturated rings. The zero-order valence-electron chi connectivity index (χ0n) is 9.80. The lowest BCUT2D eigenvalue weighted by atomic mass is 9.99. The van der Waals surface area contributed by atoms with Crippen LogP contribution in [0.5, 0.6) is 0 Å². The molecule has 0 saturated carbocycles. The fourth-order valence-corrected chi connectivity index (χ4v) is 1.28. The van der Waals surface area contributed by atoms with Gasteiger partial charge < -0.3 is 10.1 Å². The summed E-state index contributed by atoms with van der Waals surface area (Å²) in [6.45, 7) is 9.42. The molecule has 0 saturated heterocycles. The second-order valence-corrected chi connectivity index (χ2v) is 3.57. The smallest absolute Gasteiger partial charge is 0.323 e. The van der Waals surface area contributed by atoms with E-state index in [9.17, 15) is 4.79 Å². The van der Waals surface area contributed by atoms with Gasteiger partial charge in [-0.3, -0.25) is 4.79 Å². The summed E-state index contributed by atoms with van der Waals surface area (Å²) in [6.07, 6.45) is 2.02. The maximum absolute atomic E-state index is 11.6. The molecule has 0 rings (SSSR count). The van der Waals surface area contributed by atoms with E-state index >= 15 is 0 Å². The summed E-state index contributed by atoms with van der Waals surface area (Å²) in [6, 6.07) is -0.139. The van der Waals surface area contributed by atoms with Crippen molar-refractivity contribution in [3.05, 3.63) is 0 Å². The minimum atomic E-state index is -0.139. The highest BCUT2D eigenvalue weighted by molar-refractivity contribution is 5.76. The van der Waals surface area contributed by atoms with Crippen LogP contribution in [0, 0.1) is 5.92 Å². The third-order valence-electron chi connectivity index (χ3n) is 2.37. The molecule has 0 spiro atoms. The molecule has 0 radical (unpaired) electrons. The number of ether oxygens (including phenoxy) is 1. The SMILES string of the molecule is CCCN[C@H](C(=O)OCC)C(C)CC. The average molecular weight is 201 g/mol. The minimum absolute atomic E-state index is 0.115. The van der Waals surface area contributed by atoms with Crippen molar-refractivity contribution >= 4 is 5.97 Å². The molecule has 3 nitrogen and oxygen atoms in total. The fourth-order valence-electron chi connectivity index (χ4n) is 1.28. The molecule has 0 aromatic carbocycles. The van der Waals surface area contributed by atoms with E-state index in [0.717, 1.165) is 19.4 Å². The zero-order chi connectivity index (χ0) is 11.0. The lowest BCUT2D eigenvalue weighted by molar-refractivity contribution is -0.147. The van der Waals surface area contributed by atoms with Gasteiger partial charge in [0.2, 0.25) is 0 Å². The lowest BCUT2D eigenvalue weighted by Crippen LogP contribution is -2.43. The molecule has 0 aliphatic carbocycles. The fraction of sp³-hybridized carbons (Fsp3) is 0.909. The van der Waals surface area contributed by atoms with E-state index in [1.165, 1.54) is 0 Å². The van der Waals surface area contributed by atoms with Gasteiger partial charge in [-0.15, -0.1) is 0 Å². The van der Waals surface area contributed by atoms with Crippen molar-refractivity contribution in [1.82, 2.24) is 5.32 Å². The predicted molar refractivity (Wildman–Crippen MR) is 58.2 cm³/mol. The van der Waals surface area contributed by atoms with Crippen LogP contribution in [0.3, 0.4) is 0 Å². The van der Waals surface area contributed by atoms with Gasteiger partial charge in [0.1, 0.15) is 6.04 Å². The maximum atomic E-state index is 11.6. The quantitative estimate of drug-likeness (QED) is 0.640. The Bertz CT molecular complexity index is 159. The van der Waals surface area contributed by atoms with Crippen LogP contribution in [0.2, 0.25) is 0 Å². The molecule has 0 aliphatic heterocycles. The molecule has 14 heavy (non-hydrogen) atoms. The summed E-state index contributed by atoms with van der Waals surface area (Å²) in [7, 11) is 0. The molecular weight excluding hydrogens is 178 g/mol. The Kier molecular flexibility index (Phi) is 7.48. The normalized spacial score (nSPS) is 14.9. The van der Waals surface area contributed by atoms with Crippen LogP contribution in [0.4, 0.5) is 0 Å². The number of esters is 1. The van der Waals surface area contributed by atoms with E-state index in [0.29, 0.717) is 12.5 Å². The topological polar surface area (TPSA) is 38.3 Å². The molecule has 3 heteroatoms. The van der Waals surface area contributed by atoms with Crippen LogP contribution in [0.1, 0.15) is 40.5 Å². The van der Waals surface area contributed by atoms with Crippen LogP contribution < -0.4 is 5.32 Å². The van der Waals surface area contributed by atoms with E-state index < -0.39 is 0 Å². The first-order valence-electron chi connectivity index (χ1n) is 5.57. The Hall–Kier alpha value is -0.570. The van der Waals surface area contributed by atoms with Crippen LogP contribution in [0.25, 0.3) is 0 Å². The van der Waals surface area contributed by atoms with Gasteiger partial charge in [-0.1, -0.05) is 27.2 Å². The van der Waals surface area contributed by atoms with Gasteiger partial charge in [0.25, 0.3) is 0 Å². The van der Waals surface area contributed by atoms with E-state index in [-0.39, 0.29) is 12.0 Å². The molecule has 0 heterocycles.